The van der Waals surface area contributed by atoms with Crippen molar-refractivity contribution in [3.8, 4) is 0 Å². The largest absolute Gasteiger partial charge is 0.329 e. The highest BCUT2D eigenvalue weighted by molar-refractivity contribution is 7.09. The minimum atomic E-state index is 0.604. The second-order valence-corrected chi connectivity index (χ2v) is 7.64. The first kappa shape index (κ1) is 14.6. The van der Waals surface area contributed by atoms with E-state index >= 15 is 0 Å². The van der Waals surface area contributed by atoms with Gasteiger partial charge >= 0.3 is 0 Å². The number of hydrogen-bond donors (Lipinski definition) is 1. The van der Waals surface area contributed by atoms with E-state index in [9.17, 15) is 0 Å². The molecule has 1 unspecified atom stereocenters. The molecule has 0 amide bonds. The van der Waals surface area contributed by atoms with E-state index in [1.165, 1.54) is 56.2 Å². The lowest BCUT2D eigenvalue weighted by atomic mass is 9.84. The van der Waals surface area contributed by atoms with Gasteiger partial charge in [-0.25, -0.2) is 0 Å². The van der Waals surface area contributed by atoms with Crippen LogP contribution in [0.3, 0.4) is 0 Å². The van der Waals surface area contributed by atoms with Crippen LogP contribution in [-0.4, -0.2) is 23.5 Å². The van der Waals surface area contributed by atoms with E-state index in [1.54, 1.807) is 0 Å². The van der Waals surface area contributed by atoms with Gasteiger partial charge in [-0.15, -0.1) is 11.3 Å². The maximum Gasteiger partial charge on any atom is 0.0334 e. The lowest BCUT2D eigenvalue weighted by molar-refractivity contribution is 0.145. The van der Waals surface area contributed by atoms with Crippen LogP contribution in [0.1, 0.15) is 56.2 Å². The van der Waals surface area contributed by atoms with Crippen molar-refractivity contribution in [2.45, 2.75) is 70.0 Å². The van der Waals surface area contributed by atoms with Gasteiger partial charge in [0.1, 0.15) is 0 Å². The van der Waals surface area contributed by atoms with Crippen LogP contribution >= 0.6 is 11.3 Å². The Kier molecular flexibility index (Phi) is 5.14. The second kappa shape index (κ2) is 7.06. The number of rotatable bonds is 7. The van der Waals surface area contributed by atoms with E-state index in [4.69, 9.17) is 5.73 Å². The van der Waals surface area contributed by atoms with Gasteiger partial charge in [0.15, 0.2) is 0 Å². The van der Waals surface area contributed by atoms with E-state index in [0.29, 0.717) is 6.04 Å². The van der Waals surface area contributed by atoms with Crippen LogP contribution in [0, 0.1) is 5.92 Å². The van der Waals surface area contributed by atoms with Gasteiger partial charge < -0.3 is 5.73 Å². The Morgan fingerprint density at radius 2 is 2.00 bits per heavy atom. The Labute approximate surface area is 127 Å². The molecule has 0 aromatic carbocycles. The average Bonchev–Trinajstić information content (AvgIpc) is 3.20. The van der Waals surface area contributed by atoms with Gasteiger partial charge in [0.25, 0.3) is 0 Å². The summed E-state index contributed by atoms with van der Waals surface area (Å²) in [4.78, 5) is 4.22. The topological polar surface area (TPSA) is 29.3 Å². The van der Waals surface area contributed by atoms with Gasteiger partial charge in [-0.2, -0.15) is 0 Å². The Balaban J connectivity index is 1.61. The van der Waals surface area contributed by atoms with E-state index in [1.807, 2.05) is 11.3 Å². The van der Waals surface area contributed by atoms with Crippen molar-refractivity contribution in [1.29, 1.82) is 0 Å². The molecule has 0 aliphatic heterocycles. The van der Waals surface area contributed by atoms with E-state index in [0.717, 1.165) is 25.0 Å². The van der Waals surface area contributed by atoms with Crippen LogP contribution in [-0.2, 0) is 6.54 Å². The van der Waals surface area contributed by atoms with Crippen molar-refractivity contribution in [3.63, 3.8) is 0 Å². The molecule has 1 heterocycles. The van der Waals surface area contributed by atoms with Crippen molar-refractivity contribution in [3.05, 3.63) is 22.4 Å². The molecule has 0 radical (unpaired) electrons. The van der Waals surface area contributed by atoms with Crippen molar-refractivity contribution >= 4 is 11.3 Å². The van der Waals surface area contributed by atoms with Gasteiger partial charge in [0.05, 0.1) is 0 Å². The quantitative estimate of drug-likeness (QED) is 0.822. The smallest absolute Gasteiger partial charge is 0.0334 e. The van der Waals surface area contributed by atoms with E-state index < -0.39 is 0 Å². The first-order valence-corrected chi connectivity index (χ1v) is 9.23. The number of nitrogens with two attached hydrogens (primary N) is 1. The zero-order valence-corrected chi connectivity index (χ0v) is 13.3. The van der Waals surface area contributed by atoms with Gasteiger partial charge in [-0.3, -0.25) is 4.90 Å². The lowest BCUT2D eigenvalue weighted by Crippen LogP contribution is -2.42. The Bertz CT molecular complexity index is 380. The van der Waals surface area contributed by atoms with Crippen molar-refractivity contribution in [2.24, 2.45) is 11.7 Å². The number of thiophene rings is 1. The molecule has 1 aromatic heterocycles. The molecule has 20 heavy (non-hydrogen) atoms. The lowest BCUT2D eigenvalue weighted by Gasteiger charge is -2.34. The van der Waals surface area contributed by atoms with E-state index in [-0.39, 0.29) is 0 Å². The fourth-order valence-corrected chi connectivity index (χ4v) is 4.43. The monoisotopic (exact) mass is 292 g/mol. The molecule has 2 N–H and O–H groups in total. The molecule has 3 heteroatoms. The predicted molar refractivity (Wildman–Crippen MR) is 86.9 cm³/mol. The maximum atomic E-state index is 6.15. The van der Waals surface area contributed by atoms with Crippen molar-refractivity contribution in [1.82, 2.24) is 4.90 Å². The summed E-state index contributed by atoms with van der Waals surface area (Å²) in [6, 6.07) is 5.86. The molecule has 0 spiro atoms. The Morgan fingerprint density at radius 3 is 2.60 bits per heavy atom. The summed E-state index contributed by atoms with van der Waals surface area (Å²) in [7, 11) is 0. The fraction of sp³-hybridized carbons (Fsp3) is 0.765. The zero-order valence-electron chi connectivity index (χ0n) is 12.5. The molecule has 1 atom stereocenters. The highest BCUT2D eigenvalue weighted by Gasteiger charge is 2.34. The molecule has 0 saturated heterocycles. The highest BCUT2D eigenvalue weighted by atomic mass is 32.1. The van der Waals surface area contributed by atoms with Crippen LogP contribution in [0.5, 0.6) is 0 Å². The van der Waals surface area contributed by atoms with Crippen LogP contribution in [0.2, 0.25) is 0 Å². The summed E-state index contributed by atoms with van der Waals surface area (Å²) in [6.07, 6.45) is 11.3. The third kappa shape index (κ3) is 3.84. The molecule has 1 aromatic rings. The van der Waals surface area contributed by atoms with Gasteiger partial charge in [-0.1, -0.05) is 38.2 Å². The van der Waals surface area contributed by atoms with Gasteiger partial charge in [0.2, 0.25) is 0 Å². The average molecular weight is 292 g/mol. The molecular formula is C17H28N2S. The van der Waals surface area contributed by atoms with Crippen molar-refractivity contribution in [2.75, 3.05) is 6.54 Å². The molecule has 2 aliphatic carbocycles. The molecular weight excluding hydrogens is 264 g/mol. The van der Waals surface area contributed by atoms with Gasteiger partial charge in [0, 0.05) is 30.1 Å². The Hall–Kier alpha value is -0.380. The second-order valence-electron chi connectivity index (χ2n) is 6.61. The first-order chi connectivity index (χ1) is 9.86. The molecule has 2 nitrogen and oxygen atoms in total. The molecule has 3 rings (SSSR count). The van der Waals surface area contributed by atoms with E-state index in [2.05, 4.69) is 22.4 Å². The van der Waals surface area contributed by atoms with Gasteiger partial charge in [-0.05, 0) is 36.6 Å². The summed E-state index contributed by atoms with van der Waals surface area (Å²) in [5, 5.41) is 2.19. The van der Waals surface area contributed by atoms with Crippen LogP contribution in [0.4, 0.5) is 0 Å². The summed E-state index contributed by atoms with van der Waals surface area (Å²) in [5.41, 5.74) is 6.15. The summed E-state index contributed by atoms with van der Waals surface area (Å²) in [6.45, 7) is 1.95. The zero-order chi connectivity index (χ0) is 13.8. The minimum Gasteiger partial charge on any atom is -0.329 e. The SMILES string of the molecule is NCC(CC1CCCCC1)N(Cc1cccs1)C1CC1. The minimum absolute atomic E-state index is 0.604. The van der Waals surface area contributed by atoms with Crippen molar-refractivity contribution < 1.29 is 0 Å². The summed E-state index contributed by atoms with van der Waals surface area (Å²) in [5.74, 6) is 0.932. The molecule has 2 saturated carbocycles. The third-order valence-electron chi connectivity index (χ3n) is 5.01. The Morgan fingerprint density at radius 1 is 1.20 bits per heavy atom. The summed E-state index contributed by atoms with van der Waals surface area (Å²) < 4.78 is 0. The summed E-state index contributed by atoms with van der Waals surface area (Å²) >= 11 is 1.89. The molecule has 0 bridgehead atoms. The van der Waals surface area contributed by atoms with Crippen LogP contribution < -0.4 is 5.73 Å². The highest BCUT2D eigenvalue weighted by Crippen LogP contribution is 2.35. The fourth-order valence-electron chi connectivity index (χ4n) is 3.72. The normalized spacial score (nSPS) is 22.3. The molecule has 2 aliphatic rings. The predicted octanol–water partition coefficient (Wildman–Crippen LogP) is 4.01. The maximum absolute atomic E-state index is 6.15. The number of hydrogen-bond acceptors (Lipinski definition) is 3. The van der Waals surface area contributed by atoms with Crippen LogP contribution in [0.15, 0.2) is 17.5 Å². The standard InChI is InChI=1S/C17H28N2S/c18-12-16(11-14-5-2-1-3-6-14)19(15-8-9-15)13-17-7-4-10-20-17/h4,7,10,14-16H,1-3,5-6,8-9,11-13,18H2. The molecule has 2 fully saturated rings. The number of nitrogens with zero attached hydrogens (tertiary/aromatic N) is 1. The third-order valence-corrected chi connectivity index (χ3v) is 5.87. The first-order valence-electron chi connectivity index (χ1n) is 8.35. The molecule has 112 valence electrons. The van der Waals surface area contributed by atoms with Crippen LogP contribution in [0.25, 0.3) is 0 Å².